The van der Waals surface area contributed by atoms with Crippen LogP contribution in [0.5, 0.6) is 0 Å². The Kier molecular flexibility index (Phi) is 9.30. The van der Waals surface area contributed by atoms with Crippen molar-refractivity contribution in [1.82, 2.24) is 10.6 Å². The van der Waals surface area contributed by atoms with Crippen LogP contribution in [0.2, 0.25) is 0 Å². The van der Waals surface area contributed by atoms with Gasteiger partial charge in [-0.1, -0.05) is 22.6 Å². The fourth-order valence-corrected chi connectivity index (χ4v) is 0.856. The summed E-state index contributed by atoms with van der Waals surface area (Å²) in [6.07, 6.45) is 0. The highest BCUT2D eigenvalue weighted by molar-refractivity contribution is 14.1. The van der Waals surface area contributed by atoms with Gasteiger partial charge < -0.3 is 15.4 Å². The third kappa shape index (κ3) is 8.22. The summed E-state index contributed by atoms with van der Waals surface area (Å²) in [5, 5.41) is 5.68. The average Bonchev–Trinajstić information content (AvgIpc) is 2.10. The fraction of sp³-hybridized carbons (Fsp3) is 0.857. The van der Waals surface area contributed by atoms with Crippen LogP contribution >= 0.6 is 22.6 Å². The molecule has 12 heavy (non-hydrogen) atoms. The highest BCUT2D eigenvalue weighted by Gasteiger charge is 1.94. The van der Waals surface area contributed by atoms with Gasteiger partial charge in [-0.2, -0.15) is 0 Å². The topological polar surface area (TPSA) is 50.4 Å². The molecule has 0 spiro atoms. The molecule has 0 radical (unpaired) electrons. The summed E-state index contributed by atoms with van der Waals surface area (Å²) in [4.78, 5) is 10.7. The molecule has 0 aliphatic heterocycles. The van der Waals surface area contributed by atoms with Gasteiger partial charge >= 0.3 is 0 Å². The first-order valence-electron chi connectivity index (χ1n) is 3.86. The number of hydrogen-bond acceptors (Lipinski definition) is 3. The van der Waals surface area contributed by atoms with Crippen LogP contribution in [0.3, 0.4) is 0 Å². The zero-order chi connectivity index (χ0) is 9.23. The summed E-state index contributed by atoms with van der Waals surface area (Å²) in [6.45, 7) is 2.73. The summed E-state index contributed by atoms with van der Waals surface area (Å²) in [7, 11) is 1.88. The molecule has 2 N–H and O–H groups in total. The Bertz CT molecular complexity index is 122. The van der Waals surface area contributed by atoms with Gasteiger partial charge in [0.05, 0.1) is 17.6 Å². The standard InChI is InChI=1S/C7H15IN2O2/c1-9-2-4-12-5-3-10-7(11)6-8/h9H,2-6H2,1H3,(H,10,11). The molecule has 0 heterocycles. The number of carbonyl (C=O) groups excluding carboxylic acids is 1. The lowest BCUT2D eigenvalue weighted by Crippen LogP contribution is -2.28. The van der Waals surface area contributed by atoms with Crippen LogP contribution in [0.15, 0.2) is 0 Å². The second kappa shape index (κ2) is 9.21. The molecule has 0 aliphatic carbocycles. The molecule has 5 heteroatoms. The van der Waals surface area contributed by atoms with Crippen molar-refractivity contribution in [3.05, 3.63) is 0 Å². The molecule has 0 saturated heterocycles. The molecule has 0 atom stereocenters. The summed E-state index contributed by atoms with van der Waals surface area (Å²) < 4.78 is 5.70. The van der Waals surface area contributed by atoms with E-state index in [0.29, 0.717) is 24.2 Å². The molecule has 0 fully saturated rings. The van der Waals surface area contributed by atoms with E-state index < -0.39 is 0 Å². The molecule has 1 amide bonds. The quantitative estimate of drug-likeness (QED) is 0.386. The monoisotopic (exact) mass is 286 g/mol. The highest BCUT2D eigenvalue weighted by Crippen LogP contribution is 1.79. The molecule has 0 unspecified atom stereocenters. The van der Waals surface area contributed by atoms with E-state index >= 15 is 0 Å². The van der Waals surface area contributed by atoms with Gasteiger partial charge in [-0.05, 0) is 7.05 Å². The number of rotatable bonds is 7. The molecule has 0 saturated carbocycles. The number of hydrogen-bond donors (Lipinski definition) is 2. The van der Waals surface area contributed by atoms with Gasteiger partial charge in [0, 0.05) is 13.1 Å². The van der Waals surface area contributed by atoms with Gasteiger partial charge in [0.1, 0.15) is 0 Å². The maximum atomic E-state index is 10.7. The SMILES string of the molecule is CNCCOCCNC(=O)CI. The Hall–Kier alpha value is 0.120. The smallest absolute Gasteiger partial charge is 0.229 e. The summed E-state index contributed by atoms with van der Waals surface area (Å²) >= 11 is 2.03. The van der Waals surface area contributed by atoms with Crippen molar-refractivity contribution in [3.63, 3.8) is 0 Å². The van der Waals surface area contributed by atoms with Gasteiger partial charge in [-0.3, -0.25) is 4.79 Å². The highest BCUT2D eigenvalue weighted by atomic mass is 127. The van der Waals surface area contributed by atoms with Gasteiger partial charge in [-0.15, -0.1) is 0 Å². The van der Waals surface area contributed by atoms with Gasteiger partial charge in [-0.25, -0.2) is 0 Å². The number of nitrogens with one attached hydrogen (secondary N) is 2. The van der Waals surface area contributed by atoms with Crippen molar-refractivity contribution in [1.29, 1.82) is 0 Å². The molecule has 0 aromatic rings. The molecule has 0 bridgehead atoms. The summed E-state index contributed by atoms with van der Waals surface area (Å²) in [5.41, 5.74) is 0. The van der Waals surface area contributed by atoms with Crippen molar-refractivity contribution < 1.29 is 9.53 Å². The van der Waals surface area contributed by atoms with E-state index in [-0.39, 0.29) is 5.91 Å². The molecule has 4 nitrogen and oxygen atoms in total. The Morgan fingerprint density at radius 3 is 2.67 bits per heavy atom. The van der Waals surface area contributed by atoms with Crippen LogP contribution in [0.4, 0.5) is 0 Å². The lowest BCUT2D eigenvalue weighted by Gasteiger charge is -2.04. The van der Waals surface area contributed by atoms with E-state index in [2.05, 4.69) is 10.6 Å². The van der Waals surface area contributed by atoms with E-state index in [4.69, 9.17) is 4.74 Å². The third-order valence-electron chi connectivity index (χ3n) is 1.19. The normalized spacial score (nSPS) is 9.83. The van der Waals surface area contributed by atoms with Crippen molar-refractivity contribution in [3.8, 4) is 0 Å². The van der Waals surface area contributed by atoms with Gasteiger partial charge in [0.25, 0.3) is 0 Å². The number of ether oxygens (including phenoxy) is 1. The molecule has 0 aromatic heterocycles. The summed E-state index contributed by atoms with van der Waals surface area (Å²) in [6, 6.07) is 0. The fourth-order valence-electron chi connectivity index (χ4n) is 0.586. The second-order valence-electron chi connectivity index (χ2n) is 2.20. The summed E-state index contributed by atoms with van der Waals surface area (Å²) in [5.74, 6) is 0.0628. The minimum atomic E-state index is 0.0628. The van der Waals surface area contributed by atoms with Crippen molar-refractivity contribution in [2.75, 3.05) is 37.8 Å². The first-order chi connectivity index (χ1) is 5.81. The second-order valence-corrected chi connectivity index (χ2v) is 2.96. The largest absolute Gasteiger partial charge is 0.378 e. The van der Waals surface area contributed by atoms with Crippen LogP contribution < -0.4 is 10.6 Å². The van der Waals surface area contributed by atoms with Crippen molar-refractivity contribution >= 4 is 28.5 Å². The Balaban J connectivity index is 2.95. The van der Waals surface area contributed by atoms with Crippen LogP contribution in [0.1, 0.15) is 0 Å². The van der Waals surface area contributed by atoms with Gasteiger partial charge in [0.15, 0.2) is 0 Å². The van der Waals surface area contributed by atoms with Crippen LogP contribution in [-0.2, 0) is 9.53 Å². The van der Waals surface area contributed by atoms with Gasteiger partial charge in [0.2, 0.25) is 5.91 Å². The maximum Gasteiger partial charge on any atom is 0.229 e. The van der Waals surface area contributed by atoms with E-state index in [9.17, 15) is 4.79 Å². The number of alkyl halides is 1. The molecule has 0 aliphatic rings. The minimum absolute atomic E-state index is 0.0628. The van der Waals surface area contributed by atoms with Crippen LogP contribution in [-0.4, -0.2) is 43.7 Å². The van der Waals surface area contributed by atoms with E-state index in [1.165, 1.54) is 0 Å². The predicted molar refractivity (Wildman–Crippen MR) is 56.6 cm³/mol. The molecular formula is C7H15IN2O2. The van der Waals surface area contributed by atoms with Crippen LogP contribution in [0.25, 0.3) is 0 Å². The number of carbonyl (C=O) groups is 1. The zero-order valence-corrected chi connectivity index (χ0v) is 9.39. The predicted octanol–water partition coefficient (Wildman–Crippen LogP) is -0.226. The first-order valence-corrected chi connectivity index (χ1v) is 5.38. The van der Waals surface area contributed by atoms with E-state index in [1.54, 1.807) is 0 Å². The zero-order valence-electron chi connectivity index (χ0n) is 7.23. The maximum absolute atomic E-state index is 10.7. The number of amides is 1. The third-order valence-corrected chi connectivity index (χ3v) is 1.88. The molecule has 0 aromatic carbocycles. The van der Waals surface area contributed by atoms with Crippen LogP contribution in [0, 0.1) is 0 Å². The molecule has 0 rings (SSSR count). The van der Waals surface area contributed by atoms with E-state index in [1.807, 2.05) is 29.6 Å². The number of likely N-dealkylation sites (N-methyl/N-ethyl adjacent to an activating group) is 1. The van der Waals surface area contributed by atoms with Crippen molar-refractivity contribution in [2.45, 2.75) is 0 Å². The molecule has 72 valence electrons. The number of halogens is 1. The Morgan fingerprint density at radius 1 is 1.42 bits per heavy atom. The lowest BCUT2D eigenvalue weighted by molar-refractivity contribution is -0.118. The average molecular weight is 286 g/mol. The Labute approximate surface area is 86.6 Å². The molecular weight excluding hydrogens is 271 g/mol. The first kappa shape index (κ1) is 12.1. The van der Waals surface area contributed by atoms with Crippen molar-refractivity contribution in [2.24, 2.45) is 0 Å². The Morgan fingerprint density at radius 2 is 2.08 bits per heavy atom. The lowest BCUT2D eigenvalue weighted by atomic mass is 10.6. The minimum Gasteiger partial charge on any atom is -0.378 e. The van der Waals surface area contributed by atoms with E-state index in [0.717, 1.165) is 6.54 Å².